The lowest BCUT2D eigenvalue weighted by Crippen LogP contribution is -2.31. The van der Waals surface area contributed by atoms with E-state index in [4.69, 9.17) is 0 Å². The first-order valence-corrected chi connectivity index (χ1v) is 10.7. The minimum Gasteiger partial charge on any atom is -0.284 e. The third-order valence-corrected chi connectivity index (χ3v) is 6.01. The number of rotatable bonds is 7. The van der Waals surface area contributed by atoms with Crippen LogP contribution >= 0.6 is 27.7 Å². The molecule has 0 unspecified atom stereocenters. The summed E-state index contributed by atoms with van der Waals surface area (Å²) in [5, 5.41) is 9.22. The van der Waals surface area contributed by atoms with Gasteiger partial charge >= 0.3 is 0 Å². The van der Waals surface area contributed by atoms with E-state index in [9.17, 15) is 4.79 Å². The molecule has 0 aromatic heterocycles. The molecule has 1 atom stereocenters. The zero-order valence-electron chi connectivity index (χ0n) is 15.2. The number of hydrogen-bond donors (Lipinski definition) is 0. The van der Waals surface area contributed by atoms with Gasteiger partial charge in [0.05, 0.1) is 18.0 Å². The van der Waals surface area contributed by atoms with Crippen LogP contribution in [0, 0.1) is 0 Å². The maximum atomic E-state index is 12.9. The van der Waals surface area contributed by atoms with Gasteiger partial charge in [0.15, 0.2) is 5.17 Å². The molecule has 1 aliphatic rings. The van der Waals surface area contributed by atoms with Crippen molar-refractivity contribution >= 4 is 45.0 Å². The lowest BCUT2D eigenvalue weighted by Gasteiger charge is -2.15. The van der Waals surface area contributed by atoms with E-state index in [0.717, 1.165) is 34.9 Å². The van der Waals surface area contributed by atoms with Crippen LogP contribution in [0.3, 0.4) is 0 Å². The summed E-state index contributed by atoms with van der Waals surface area (Å²) in [6, 6.07) is 17.9. The SMILES string of the molecule is CCCC[C@@H]1S/C(=N/N=C\c2ccc(Br)cc2)N(Cc2ccccc2)C1=O. The molecular weight excluding hydrogens is 422 g/mol. The summed E-state index contributed by atoms with van der Waals surface area (Å²) in [6.07, 6.45) is 4.71. The van der Waals surface area contributed by atoms with Crippen molar-refractivity contribution in [2.75, 3.05) is 0 Å². The Balaban J connectivity index is 1.77. The van der Waals surface area contributed by atoms with Gasteiger partial charge in [-0.05, 0) is 29.7 Å². The molecule has 1 amide bonds. The Hall–Kier alpha value is -1.92. The van der Waals surface area contributed by atoms with E-state index in [1.165, 1.54) is 11.8 Å². The molecule has 140 valence electrons. The van der Waals surface area contributed by atoms with E-state index >= 15 is 0 Å². The number of carbonyl (C=O) groups excluding carboxylic acids is 1. The van der Waals surface area contributed by atoms with Gasteiger partial charge in [0.1, 0.15) is 0 Å². The minimum atomic E-state index is -0.0599. The molecule has 27 heavy (non-hydrogen) atoms. The highest BCUT2D eigenvalue weighted by Crippen LogP contribution is 2.32. The van der Waals surface area contributed by atoms with Crippen molar-refractivity contribution in [1.82, 2.24) is 4.90 Å². The van der Waals surface area contributed by atoms with Crippen LogP contribution < -0.4 is 0 Å². The lowest BCUT2D eigenvalue weighted by atomic mass is 10.1. The van der Waals surface area contributed by atoms with Crippen LogP contribution in [0.4, 0.5) is 0 Å². The molecule has 0 N–H and O–H groups in total. The van der Waals surface area contributed by atoms with Crippen LogP contribution in [0.25, 0.3) is 0 Å². The monoisotopic (exact) mass is 443 g/mol. The number of nitrogens with zero attached hydrogens (tertiary/aromatic N) is 3. The van der Waals surface area contributed by atoms with Crippen molar-refractivity contribution < 1.29 is 4.79 Å². The van der Waals surface area contributed by atoms with Gasteiger partial charge < -0.3 is 0 Å². The van der Waals surface area contributed by atoms with Crippen LogP contribution in [0.1, 0.15) is 37.3 Å². The molecule has 1 heterocycles. The molecule has 0 spiro atoms. The number of amidine groups is 1. The van der Waals surface area contributed by atoms with Gasteiger partial charge in [-0.3, -0.25) is 9.69 Å². The van der Waals surface area contributed by atoms with Crippen molar-refractivity contribution in [1.29, 1.82) is 0 Å². The maximum absolute atomic E-state index is 12.9. The van der Waals surface area contributed by atoms with E-state index in [0.29, 0.717) is 11.7 Å². The third-order valence-electron chi connectivity index (χ3n) is 4.24. The highest BCUT2D eigenvalue weighted by atomic mass is 79.9. The van der Waals surface area contributed by atoms with Crippen LogP contribution in [0.2, 0.25) is 0 Å². The Morgan fingerprint density at radius 1 is 1.15 bits per heavy atom. The average molecular weight is 444 g/mol. The first-order chi connectivity index (χ1) is 13.2. The average Bonchev–Trinajstić information content (AvgIpc) is 2.98. The molecule has 2 aromatic carbocycles. The molecule has 2 aromatic rings. The smallest absolute Gasteiger partial charge is 0.242 e. The Morgan fingerprint density at radius 2 is 1.89 bits per heavy atom. The largest absolute Gasteiger partial charge is 0.284 e. The summed E-state index contributed by atoms with van der Waals surface area (Å²) in [5.41, 5.74) is 2.06. The van der Waals surface area contributed by atoms with Gasteiger partial charge in [0.25, 0.3) is 0 Å². The van der Waals surface area contributed by atoms with Crippen molar-refractivity contribution in [2.24, 2.45) is 10.2 Å². The van der Waals surface area contributed by atoms with Crippen molar-refractivity contribution in [2.45, 2.75) is 38.0 Å². The molecule has 1 fully saturated rings. The zero-order chi connectivity index (χ0) is 19.1. The number of thioether (sulfide) groups is 1. The van der Waals surface area contributed by atoms with E-state index in [1.807, 2.05) is 54.6 Å². The second-order valence-electron chi connectivity index (χ2n) is 6.34. The summed E-state index contributed by atoms with van der Waals surface area (Å²) in [4.78, 5) is 14.6. The highest BCUT2D eigenvalue weighted by molar-refractivity contribution is 9.10. The van der Waals surface area contributed by atoms with E-state index in [1.54, 1.807) is 11.1 Å². The van der Waals surface area contributed by atoms with Gasteiger partial charge in [-0.2, -0.15) is 5.10 Å². The lowest BCUT2D eigenvalue weighted by molar-refractivity contribution is -0.126. The summed E-state index contributed by atoms with van der Waals surface area (Å²) in [7, 11) is 0. The van der Waals surface area contributed by atoms with E-state index in [2.05, 4.69) is 33.1 Å². The molecule has 0 bridgehead atoms. The fraction of sp³-hybridized carbons (Fsp3) is 0.286. The van der Waals surface area contributed by atoms with Crippen LogP contribution in [-0.2, 0) is 11.3 Å². The number of amides is 1. The predicted molar refractivity (Wildman–Crippen MR) is 117 cm³/mol. The second-order valence-corrected chi connectivity index (χ2v) is 8.42. The van der Waals surface area contributed by atoms with Gasteiger partial charge in [-0.15, -0.1) is 5.10 Å². The van der Waals surface area contributed by atoms with Crippen molar-refractivity contribution in [3.8, 4) is 0 Å². The first-order valence-electron chi connectivity index (χ1n) is 9.06. The Kier molecular flexibility index (Phi) is 7.24. The summed E-state index contributed by atoms with van der Waals surface area (Å²) in [6.45, 7) is 2.67. The summed E-state index contributed by atoms with van der Waals surface area (Å²) in [5.74, 6) is 0.134. The molecule has 3 rings (SSSR count). The number of halogens is 1. The minimum absolute atomic E-state index is 0.0599. The number of unbranched alkanes of at least 4 members (excludes halogenated alkanes) is 1. The topological polar surface area (TPSA) is 45.0 Å². The van der Waals surface area contributed by atoms with E-state index < -0.39 is 0 Å². The highest BCUT2D eigenvalue weighted by Gasteiger charge is 2.37. The fourth-order valence-electron chi connectivity index (χ4n) is 2.76. The standard InChI is InChI=1S/C21H22BrN3OS/c1-2-3-9-19-20(26)25(15-17-7-5-4-6-8-17)21(27-19)24-23-14-16-10-12-18(22)13-11-16/h4-8,10-14,19H,2-3,9,15H2,1H3/b23-14-,24-21+/t19-/m0/s1. The first kappa shape index (κ1) is 19.8. The fourth-order valence-corrected chi connectivity index (χ4v) is 4.17. The number of hydrogen-bond acceptors (Lipinski definition) is 4. The van der Waals surface area contributed by atoms with Gasteiger partial charge in [0, 0.05) is 4.47 Å². The summed E-state index contributed by atoms with van der Waals surface area (Å²) >= 11 is 4.95. The normalized spacial score (nSPS) is 18.7. The van der Waals surface area contributed by atoms with Gasteiger partial charge in [-0.25, -0.2) is 0 Å². The van der Waals surface area contributed by atoms with Gasteiger partial charge in [-0.1, -0.05) is 89.9 Å². The van der Waals surface area contributed by atoms with Crippen LogP contribution in [0.5, 0.6) is 0 Å². The maximum Gasteiger partial charge on any atom is 0.242 e. The van der Waals surface area contributed by atoms with Gasteiger partial charge in [0.2, 0.25) is 5.91 Å². The molecular formula is C21H22BrN3OS. The van der Waals surface area contributed by atoms with Crippen molar-refractivity contribution in [3.63, 3.8) is 0 Å². The zero-order valence-corrected chi connectivity index (χ0v) is 17.6. The van der Waals surface area contributed by atoms with Crippen LogP contribution in [-0.4, -0.2) is 27.4 Å². The molecule has 4 nitrogen and oxygen atoms in total. The molecule has 0 aliphatic carbocycles. The van der Waals surface area contributed by atoms with Crippen LogP contribution in [0.15, 0.2) is 69.3 Å². The second kappa shape index (κ2) is 9.85. The summed E-state index contributed by atoms with van der Waals surface area (Å²) < 4.78 is 1.02. The molecule has 1 saturated heterocycles. The number of benzene rings is 2. The Morgan fingerprint density at radius 3 is 2.59 bits per heavy atom. The number of carbonyl (C=O) groups is 1. The Bertz CT molecular complexity index is 821. The van der Waals surface area contributed by atoms with E-state index in [-0.39, 0.29) is 11.2 Å². The predicted octanol–water partition coefficient (Wildman–Crippen LogP) is 5.47. The third kappa shape index (κ3) is 5.53. The quantitative estimate of drug-likeness (QED) is 0.420. The molecule has 0 radical (unpaired) electrons. The molecule has 6 heteroatoms. The van der Waals surface area contributed by atoms with Crippen molar-refractivity contribution in [3.05, 3.63) is 70.2 Å². The Labute approximate surface area is 172 Å². The molecule has 0 saturated carbocycles. The molecule has 1 aliphatic heterocycles.